The summed E-state index contributed by atoms with van der Waals surface area (Å²) in [5.41, 5.74) is 2.47. The third kappa shape index (κ3) is 3.10. The Balaban J connectivity index is 1.40. The minimum Gasteiger partial charge on any atom is -0.317 e. The number of fused-ring (bicyclic) bond motifs is 1. The first-order valence-corrected chi connectivity index (χ1v) is 9.49. The fourth-order valence-electron chi connectivity index (χ4n) is 3.72. The minimum absolute atomic E-state index is 0.0131. The van der Waals surface area contributed by atoms with Crippen molar-refractivity contribution in [1.29, 1.82) is 0 Å². The first-order chi connectivity index (χ1) is 11.7. The number of nitrogens with one attached hydrogen (secondary N) is 2. The van der Waals surface area contributed by atoms with Gasteiger partial charge < -0.3 is 10.6 Å². The number of nitrogens with zero attached hydrogens (tertiary/aromatic N) is 3. The van der Waals surface area contributed by atoms with E-state index in [1.807, 2.05) is 24.1 Å². The number of thiazole rings is 1. The summed E-state index contributed by atoms with van der Waals surface area (Å²) in [6.07, 6.45) is 8.76. The van der Waals surface area contributed by atoms with Crippen LogP contribution in [0.1, 0.15) is 41.3 Å². The average molecular weight is 345 g/mol. The van der Waals surface area contributed by atoms with Crippen molar-refractivity contribution in [2.24, 2.45) is 13.0 Å². The third-order valence-electron chi connectivity index (χ3n) is 5.22. The van der Waals surface area contributed by atoms with Gasteiger partial charge in [0.25, 0.3) is 0 Å². The minimum atomic E-state index is 0.0131. The second kappa shape index (κ2) is 6.64. The van der Waals surface area contributed by atoms with Crippen molar-refractivity contribution in [3.63, 3.8) is 0 Å². The molecule has 1 amide bonds. The van der Waals surface area contributed by atoms with Crippen LogP contribution in [0.25, 0.3) is 0 Å². The van der Waals surface area contributed by atoms with Gasteiger partial charge in [-0.05, 0) is 50.3 Å². The largest absolute Gasteiger partial charge is 0.317 e. The van der Waals surface area contributed by atoms with Crippen LogP contribution >= 0.6 is 11.3 Å². The Morgan fingerprint density at radius 1 is 1.33 bits per heavy atom. The summed E-state index contributed by atoms with van der Waals surface area (Å²) in [7, 11) is 1.95. The smallest absolute Gasteiger partial charge is 0.229 e. The summed E-state index contributed by atoms with van der Waals surface area (Å²) in [6, 6.07) is 0. The van der Waals surface area contributed by atoms with Gasteiger partial charge in [-0.2, -0.15) is 5.10 Å². The van der Waals surface area contributed by atoms with Crippen LogP contribution < -0.4 is 10.6 Å². The summed E-state index contributed by atoms with van der Waals surface area (Å²) < 4.78 is 1.90. The number of carbonyl (C=O) groups excluding carboxylic acids is 1. The normalized spacial score (nSPS) is 21.5. The van der Waals surface area contributed by atoms with E-state index in [9.17, 15) is 4.79 Å². The van der Waals surface area contributed by atoms with Crippen molar-refractivity contribution >= 4 is 22.4 Å². The van der Waals surface area contributed by atoms with Gasteiger partial charge in [-0.3, -0.25) is 9.48 Å². The summed E-state index contributed by atoms with van der Waals surface area (Å²) in [5.74, 6) is 0.688. The standard InChI is InChI=1S/C17H23N5OS/c1-22-14-8-12(2-3-13(14)9-20-22)16(23)21-17-19-10-15(24-17)11-4-6-18-7-5-11/h9-12,18H,2-8H2,1H3,(H,19,21,23)/t12-/m0/s1. The zero-order chi connectivity index (χ0) is 16.5. The number of amides is 1. The lowest BCUT2D eigenvalue weighted by Gasteiger charge is -2.21. The Morgan fingerprint density at radius 3 is 3.00 bits per heavy atom. The second-order valence-corrected chi connectivity index (χ2v) is 7.82. The molecule has 1 atom stereocenters. The quantitative estimate of drug-likeness (QED) is 0.893. The van der Waals surface area contributed by atoms with Gasteiger partial charge in [0.2, 0.25) is 5.91 Å². The molecule has 7 heteroatoms. The van der Waals surface area contributed by atoms with Crippen molar-refractivity contribution in [1.82, 2.24) is 20.1 Å². The Hall–Kier alpha value is -1.73. The van der Waals surface area contributed by atoms with E-state index in [4.69, 9.17) is 0 Å². The Labute approximate surface area is 145 Å². The first-order valence-electron chi connectivity index (χ1n) is 8.68. The molecule has 6 nitrogen and oxygen atoms in total. The van der Waals surface area contributed by atoms with Crippen LogP contribution in [0, 0.1) is 5.92 Å². The molecular weight excluding hydrogens is 322 g/mol. The lowest BCUT2D eigenvalue weighted by atomic mass is 9.87. The Bertz CT molecular complexity index is 731. The maximum atomic E-state index is 12.6. The molecule has 4 rings (SSSR count). The van der Waals surface area contributed by atoms with Crippen molar-refractivity contribution in [3.05, 3.63) is 28.5 Å². The van der Waals surface area contributed by atoms with Crippen molar-refractivity contribution < 1.29 is 4.79 Å². The van der Waals surface area contributed by atoms with Gasteiger partial charge >= 0.3 is 0 Å². The van der Waals surface area contributed by atoms with E-state index in [-0.39, 0.29) is 11.8 Å². The predicted octanol–water partition coefficient (Wildman–Crippen LogP) is 2.09. The third-order valence-corrected chi connectivity index (χ3v) is 6.29. The molecule has 0 bridgehead atoms. The molecule has 1 fully saturated rings. The van der Waals surface area contributed by atoms with E-state index in [1.165, 1.54) is 16.1 Å². The molecule has 1 saturated heterocycles. The molecule has 2 aromatic rings. The Morgan fingerprint density at radius 2 is 2.17 bits per heavy atom. The predicted molar refractivity (Wildman–Crippen MR) is 94.3 cm³/mol. The fourth-order valence-corrected chi connectivity index (χ4v) is 4.70. The van der Waals surface area contributed by atoms with Gasteiger partial charge in [0.1, 0.15) is 0 Å². The first kappa shape index (κ1) is 15.8. The zero-order valence-electron chi connectivity index (χ0n) is 13.9. The highest BCUT2D eigenvalue weighted by Gasteiger charge is 2.27. The van der Waals surface area contributed by atoms with Crippen LogP contribution in [0.2, 0.25) is 0 Å². The van der Waals surface area contributed by atoms with E-state index in [1.54, 1.807) is 11.3 Å². The van der Waals surface area contributed by atoms with Crippen molar-refractivity contribution in [2.45, 2.75) is 38.0 Å². The molecule has 2 aromatic heterocycles. The number of carbonyl (C=O) groups is 1. The molecule has 2 aliphatic rings. The van der Waals surface area contributed by atoms with Gasteiger partial charge in [0, 0.05) is 36.2 Å². The molecule has 0 aromatic carbocycles. The highest BCUT2D eigenvalue weighted by Crippen LogP contribution is 2.32. The summed E-state index contributed by atoms with van der Waals surface area (Å²) in [6.45, 7) is 2.14. The maximum absolute atomic E-state index is 12.6. The van der Waals surface area contributed by atoms with Crippen LogP contribution in [0.5, 0.6) is 0 Å². The summed E-state index contributed by atoms with van der Waals surface area (Å²) in [4.78, 5) is 18.3. The topological polar surface area (TPSA) is 71.8 Å². The van der Waals surface area contributed by atoms with Gasteiger partial charge in [0.05, 0.1) is 6.20 Å². The average Bonchev–Trinajstić information content (AvgIpc) is 3.23. The number of rotatable bonds is 3. The monoisotopic (exact) mass is 345 g/mol. The number of piperidine rings is 1. The summed E-state index contributed by atoms with van der Waals surface area (Å²) >= 11 is 1.63. The van der Waals surface area contributed by atoms with E-state index < -0.39 is 0 Å². The maximum Gasteiger partial charge on any atom is 0.229 e. The zero-order valence-corrected chi connectivity index (χ0v) is 14.7. The lowest BCUT2D eigenvalue weighted by molar-refractivity contribution is -0.120. The van der Waals surface area contributed by atoms with E-state index in [2.05, 4.69) is 20.7 Å². The molecule has 0 spiro atoms. The van der Waals surface area contributed by atoms with Crippen LogP contribution in [-0.2, 0) is 24.7 Å². The van der Waals surface area contributed by atoms with Crippen LogP contribution in [-0.4, -0.2) is 33.8 Å². The highest BCUT2D eigenvalue weighted by molar-refractivity contribution is 7.15. The summed E-state index contributed by atoms with van der Waals surface area (Å²) in [5, 5.41) is 11.5. The van der Waals surface area contributed by atoms with Gasteiger partial charge in [-0.25, -0.2) is 4.98 Å². The van der Waals surface area contributed by atoms with Crippen LogP contribution in [0.3, 0.4) is 0 Å². The van der Waals surface area contributed by atoms with E-state index >= 15 is 0 Å². The van der Waals surface area contributed by atoms with Crippen molar-refractivity contribution in [2.75, 3.05) is 18.4 Å². The SMILES string of the molecule is Cn1ncc2c1C[C@@H](C(=O)Nc1ncc(C3CCNCC3)s1)CC2. The van der Waals surface area contributed by atoms with Crippen molar-refractivity contribution in [3.8, 4) is 0 Å². The molecule has 2 N–H and O–H groups in total. The molecule has 1 aliphatic carbocycles. The molecule has 3 heterocycles. The number of aryl methyl sites for hydroxylation is 2. The van der Waals surface area contributed by atoms with Gasteiger partial charge in [-0.15, -0.1) is 11.3 Å². The van der Waals surface area contributed by atoms with E-state index in [0.717, 1.165) is 50.3 Å². The molecule has 0 saturated carbocycles. The number of hydrogen-bond acceptors (Lipinski definition) is 5. The number of anilines is 1. The second-order valence-electron chi connectivity index (χ2n) is 6.76. The van der Waals surface area contributed by atoms with E-state index in [0.29, 0.717) is 5.92 Å². The molecular formula is C17H23N5OS. The molecule has 0 radical (unpaired) electrons. The molecule has 24 heavy (non-hydrogen) atoms. The van der Waals surface area contributed by atoms with Crippen LogP contribution in [0.4, 0.5) is 5.13 Å². The molecule has 128 valence electrons. The molecule has 0 unspecified atom stereocenters. The Kier molecular flexibility index (Phi) is 4.37. The number of aromatic nitrogens is 3. The fraction of sp³-hybridized carbons (Fsp3) is 0.588. The lowest BCUT2D eigenvalue weighted by Crippen LogP contribution is -2.28. The molecule has 1 aliphatic heterocycles. The van der Waals surface area contributed by atoms with Gasteiger partial charge in [0.15, 0.2) is 5.13 Å². The van der Waals surface area contributed by atoms with Crippen LogP contribution in [0.15, 0.2) is 12.4 Å². The number of hydrogen-bond donors (Lipinski definition) is 2. The van der Waals surface area contributed by atoms with Gasteiger partial charge in [-0.1, -0.05) is 0 Å². The highest BCUT2D eigenvalue weighted by atomic mass is 32.1.